The summed E-state index contributed by atoms with van der Waals surface area (Å²) in [4.78, 5) is 27.5. The zero-order valence-corrected chi connectivity index (χ0v) is 26.1. The van der Waals surface area contributed by atoms with Gasteiger partial charge in [-0.25, -0.2) is 9.36 Å². The molecule has 0 unspecified atom stereocenters. The number of carbonyl (C=O) groups excluding carboxylic acids is 2. The van der Waals surface area contributed by atoms with Gasteiger partial charge in [0.25, 0.3) is 0 Å². The van der Waals surface area contributed by atoms with Gasteiger partial charge in [-0.1, -0.05) is 39.3 Å². The molecule has 13 heteroatoms. The van der Waals surface area contributed by atoms with Crippen LogP contribution in [0.1, 0.15) is 16.1 Å². The van der Waals surface area contributed by atoms with Gasteiger partial charge in [0, 0.05) is 34.0 Å². The van der Waals surface area contributed by atoms with Crippen LogP contribution in [0.2, 0.25) is 51.4 Å². The summed E-state index contributed by atoms with van der Waals surface area (Å²) in [5, 5.41) is 2.49. The number of nitrogens with one attached hydrogen (secondary N) is 1. The minimum Gasteiger partial charge on any atom is -0.497 e. The van der Waals surface area contributed by atoms with Gasteiger partial charge in [-0.05, 0) is 36.4 Å². The maximum Gasteiger partial charge on any atom is 0.530 e. The van der Waals surface area contributed by atoms with Crippen LogP contribution in [0.5, 0.6) is 11.5 Å². The quantitative estimate of drug-likeness (QED) is 0.136. The van der Waals surface area contributed by atoms with E-state index in [9.17, 15) is 14.2 Å². The molecule has 1 aromatic carbocycles. The summed E-state index contributed by atoms with van der Waals surface area (Å²) in [6, 6.07) is 9.52. The Morgan fingerprint density at radius 3 is 2.21 bits per heavy atom. The lowest BCUT2D eigenvalue weighted by atomic mass is 10.2. The Labute approximate surface area is 227 Å². The molecule has 0 aliphatic heterocycles. The molecule has 1 amide bonds. The molecule has 2 aromatic rings. The summed E-state index contributed by atoms with van der Waals surface area (Å²) in [7, 11) is -5.42. The lowest BCUT2D eigenvalue weighted by Gasteiger charge is -2.23. The monoisotopic (exact) mass is 582 g/mol. The average molecular weight is 583 g/mol. The van der Waals surface area contributed by atoms with Crippen LogP contribution in [-0.2, 0) is 25.0 Å². The van der Waals surface area contributed by atoms with Crippen LogP contribution in [0.4, 0.5) is 10.5 Å². The van der Waals surface area contributed by atoms with Gasteiger partial charge < -0.3 is 14.0 Å². The fourth-order valence-electron chi connectivity index (χ4n) is 2.91. The van der Waals surface area contributed by atoms with Crippen molar-refractivity contribution in [2.45, 2.75) is 58.0 Å². The van der Waals surface area contributed by atoms with E-state index in [1.165, 1.54) is 19.4 Å². The standard InChI is InChI=1S/C25H39N2O8PSi2/c1-31-21-11-10-20(19-32-25(29)27-22-9-8-12-26-23(22)18-28)24(17-21)35-36(30,33-13-15-37(2,3)4)34-14-16-38(5,6)7/h8-12,17-18H,13-16,19H2,1-7H3,(H,27,29). The third kappa shape index (κ3) is 11.5. The molecule has 0 bridgehead atoms. The van der Waals surface area contributed by atoms with Crippen LogP contribution in [0.25, 0.3) is 0 Å². The second-order valence-corrected chi connectivity index (χ2v) is 23.9. The SMILES string of the molecule is COc1ccc(COC(=O)Nc2cccnc2C=O)c(OP(=O)(OCC[Si](C)(C)C)OCC[Si](C)(C)C)c1. The van der Waals surface area contributed by atoms with Crippen LogP contribution < -0.4 is 14.6 Å². The number of benzene rings is 1. The fraction of sp³-hybridized carbons (Fsp3) is 0.480. The number of aromatic nitrogens is 1. The van der Waals surface area contributed by atoms with E-state index in [1.54, 1.807) is 24.3 Å². The van der Waals surface area contributed by atoms with E-state index < -0.39 is 30.1 Å². The number of carbonyl (C=O) groups is 2. The minimum absolute atomic E-state index is 0.0739. The normalized spacial score (nSPS) is 12.1. The molecule has 0 spiro atoms. The maximum atomic E-state index is 13.7. The average Bonchev–Trinajstić information content (AvgIpc) is 2.81. The molecule has 2 rings (SSSR count). The van der Waals surface area contributed by atoms with Crippen LogP contribution >= 0.6 is 7.82 Å². The Morgan fingerprint density at radius 1 is 1.03 bits per heavy atom. The highest BCUT2D eigenvalue weighted by Gasteiger charge is 2.32. The molecule has 0 atom stereocenters. The molecule has 0 radical (unpaired) electrons. The number of ether oxygens (including phenoxy) is 2. The molecule has 210 valence electrons. The third-order valence-corrected chi connectivity index (χ3v) is 10.1. The minimum atomic E-state index is -4.00. The second-order valence-electron chi connectivity index (χ2n) is 11.1. The highest BCUT2D eigenvalue weighted by molar-refractivity contribution is 7.49. The molecule has 38 heavy (non-hydrogen) atoms. The molecule has 1 aromatic heterocycles. The first-order valence-corrected chi connectivity index (χ1v) is 21.2. The van der Waals surface area contributed by atoms with E-state index in [2.05, 4.69) is 49.6 Å². The van der Waals surface area contributed by atoms with Crippen LogP contribution in [0, 0.1) is 0 Å². The summed E-state index contributed by atoms with van der Waals surface area (Å²) >= 11 is 0. The predicted molar refractivity (Wildman–Crippen MR) is 153 cm³/mol. The van der Waals surface area contributed by atoms with E-state index in [0.717, 1.165) is 12.1 Å². The van der Waals surface area contributed by atoms with E-state index in [1.807, 2.05) is 0 Å². The van der Waals surface area contributed by atoms with Gasteiger partial charge in [0.15, 0.2) is 6.29 Å². The summed E-state index contributed by atoms with van der Waals surface area (Å²) in [5.41, 5.74) is 0.713. The van der Waals surface area contributed by atoms with Gasteiger partial charge in [-0.3, -0.25) is 24.1 Å². The zero-order valence-electron chi connectivity index (χ0n) is 23.2. The maximum absolute atomic E-state index is 13.7. The Kier molecular flexibility index (Phi) is 11.7. The van der Waals surface area contributed by atoms with Crippen molar-refractivity contribution in [3.63, 3.8) is 0 Å². The van der Waals surface area contributed by atoms with Crippen molar-refractivity contribution in [3.8, 4) is 11.5 Å². The van der Waals surface area contributed by atoms with E-state index in [-0.39, 0.29) is 37.0 Å². The van der Waals surface area contributed by atoms with Gasteiger partial charge in [0.05, 0.1) is 26.0 Å². The number of pyridine rings is 1. The van der Waals surface area contributed by atoms with Gasteiger partial charge in [-0.15, -0.1) is 0 Å². The summed E-state index contributed by atoms with van der Waals surface area (Å²) < 4.78 is 41.7. The van der Waals surface area contributed by atoms with Crippen molar-refractivity contribution < 1.29 is 37.2 Å². The lowest BCUT2D eigenvalue weighted by Crippen LogP contribution is -2.23. The number of hydrogen-bond acceptors (Lipinski definition) is 9. The number of amides is 1. The fourth-order valence-corrected chi connectivity index (χ4v) is 5.90. The highest BCUT2D eigenvalue weighted by Crippen LogP contribution is 2.51. The number of rotatable bonds is 15. The second kappa shape index (κ2) is 14.0. The van der Waals surface area contributed by atoms with Crippen LogP contribution in [0.3, 0.4) is 0 Å². The molecular formula is C25H39N2O8PSi2. The Balaban J connectivity index is 2.21. The lowest BCUT2D eigenvalue weighted by molar-refractivity contribution is 0.111. The molecule has 10 nitrogen and oxygen atoms in total. The highest BCUT2D eigenvalue weighted by atomic mass is 31.2. The van der Waals surface area contributed by atoms with E-state index >= 15 is 0 Å². The van der Waals surface area contributed by atoms with Crippen LogP contribution in [0.15, 0.2) is 36.5 Å². The molecule has 0 saturated carbocycles. The predicted octanol–water partition coefficient (Wildman–Crippen LogP) is 6.85. The van der Waals surface area contributed by atoms with E-state index in [4.69, 9.17) is 23.0 Å². The number of nitrogens with zero attached hydrogens (tertiary/aromatic N) is 1. The summed E-state index contributed by atoms with van der Waals surface area (Å²) in [5.74, 6) is 0.603. The first-order chi connectivity index (χ1) is 17.7. The van der Waals surface area contributed by atoms with Gasteiger partial charge >= 0.3 is 13.9 Å². The number of hydrogen-bond donors (Lipinski definition) is 1. The number of methoxy groups -OCH3 is 1. The molecule has 0 fully saturated rings. The summed E-state index contributed by atoms with van der Waals surface area (Å²) in [6.45, 7) is 13.4. The molecule has 0 aliphatic carbocycles. The number of phosphoric acid groups is 1. The Hall–Kier alpha value is -2.51. The largest absolute Gasteiger partial charge is 0.530 e. The third-order valence-electron chi connectivity index (χ3n) is 5.23. The number of aldehydes is 1. The zero-order chi connectivity index (χ0) is 28.4. The smallest absolute Gasteiger partial charge is 0.497 e. The van der Waals surface area contributed by atoms with Crippen molar-refractivity contribution >= 4 is 42.0 Å². The first kappa shape index (κ1) is 31.7. The molecule has 1 N–H and O–H groups in total. The number of phosphoric ester groups is 1. The molecule has 0 saturated heterocycles. The van der Waals surface area contributed by atoms with Crippen molar-refractivity contribution in [2.75, 3.05) is 25.6 Å². The Bertz CT molecular complexity index is 1110. The molecule has 1 heterocycles. The summed E-state index contributed by atoms with van der Waals surface area (Å²) in [6.07, 6.45) is 1.17. The first-order valence-electron chi connectivity index (χ1n) is 12.3. The van der Waals surface area contributed by atoms with Gasteiger partial charge in [0.1, 0.15) is 23.8 Å². The topological polar surface area (TPSA) is 122 Å². The van der Waals surface area contributed by atoms with Gasteiger partial charge in [0.2, 0.25) is 0 Å². The van der Waals surface area contributed by atoms with E-state index in [0.29, 0.717) is 17.6 Å². The van der Waals surface area contributed by atoms with Crippen molar-refractivity contribution in [3.05, 3.63) is 47.8 Å². The van der Waals surface area contributed by atoms with Crippen molar-refractivity contribution in [2.24, 2.45) is 0 Å². The van der Waals surface area contributed by atoms with Crippen molar-refractivity contribution in [1.29, 1.82) is 0 Å². The van der Waals surface area contributed by atoms with Crippen LogP contribution in [-0.4, -0.2) is 53.8 Å². The van der Waals surface area contributed by atoms with Gasteiger partial charge in [-0.2, -0.15) is 0 Å². The Morgan fingerprint density at radius 2 is 1.66 bits per heavy atom. The number of anilines is 1. The van der Waals surface area contributed by atoms with Crippen molar-refractivity contribution in [1.82, 2.24) is 4.98 Å². The molecule has 0 aliphatic rings. The molecular weight excluding hydrogens is 543 g/mol.